The first-order valence-corrected chi connectivity index (χ1v) is 13.8. The second-order valence-electron chi connectivity index (χ2n) is 10.1. The van der Waals surface area contributed by atoms with E-state index in [-0.39, 0.29) is 17.3 Å². The Labute approximate surface area is 251 Å². The average molecular weight is 596 g/mol. The molecule has 1 aliphatic heterocycles. The zero-order valence-electron chi connectivity index (χ0n) is 23.6. The summed E-state index contributed by atoms with van der Waals surface area (Å²) in [6.45, 7) is 3.80. The van der Waals surface area contributed by atoms with Crippen LogP contribution in [0, 0.1) is 11.8 Å². The third-order valence-corrected chi connectivity index (χ3v) is 7.00. The molecule has 3 N–H and O–H groups in total. The van der Waals surface area contributed by atoms with Crippen LogP contribution in [0.3, 0.4) is 0 Å². The number of urea groups is 1. The number of fused-ring (bicyclic) bond motifs is 1. The summed E-state index contributed by atoms with van der Waals surface area (Å²) < 4.78 is 34.4. The van der Waals surface area contributed by atoms with E-state index in [9.17, 15) is 18.4 Å². The van der Waals surface area contributed by atoms with Gasteiger partial charge in [-0.2, -0.15) is 4.39 Å². The summed E-state index contributed by atoms with van der Waals surface area (Å²) >= 11 is 0. The summed E-state index contributed by atoms with van der Waals surface area (Å²) in [6.07, 6.45) is 1.41. The molecule has 1 fully saturated rings. The summed E-state index contributed by atoms with van der Waals surface area (Å²) in [5.41, 5.74) is 3.07. The van der Waals surface area contributed by atoms with E-state index in [0.717, 1.165) is 17.3 Å². The number of amides is 3. The summed E-state index contributed by atoms with van der Waals surface area (Å²) in [5.74, 6) is -0.380. The van der Waals surface area contributed by atoms with E-state index in [4.69, 9.17) is 14.7 Å². The Hall–Kier alpha value is -5.49. The lowest BCUT2D eigenvalue weighted by atomic mass is 10.0. The van der Waals surface area contributed by atoms with E-state index in [2.05, 4.69) is 25.8 Å². The molecule has 1 aliphatic rings. The Kier molecular flexibility index (Phi) is 8.06. The first-order valence-electron chi connectivity index (χ1n) is 13.8. The highest BCUT2D eigenvalue weighted by atomic mass is 19.1. The maximum atomic E-state index is 14.5. The topological polar surface area (TPSA) is 121 Å². The minimum Gasteiger partial charge on any atom is -0.378 e. The molecule has 5 aromatic rings. The van der Waals surface area contributed by atoms with E-state index in [1.807, 2.05) is 18.2 Å². The Morgan fingerprint density at radius 3 is 2.32 bits per heavy atom. The number of rotatable bonds is 6. The predicted octanol–water partition coefficient (Wildman–Crippen LogP) is 6.08. The molecule has 0 radical (unpaired) electrons. The molecule has 0 aliphatic carbocycles. The van der Waals surface area contributed by atoms with Gasteiger partial charge in [-0.25, -0.2) is 24.1 Å². The van der Waals surface area contributed by atoms with Crippen LogP contribution in [0.5, 0.6) is 0 Å². The van der Waals surface area contributed by atoms with E-state index in [1.54, 1.807) is 36.4 Å². The number of pyridine rings is 1. The molecule has 6 rings (SSSR count). The van der Waals surface area contributed by atoms with Crippen LogP contribution in [-0.4, -0.2) is 53.2 Å². The summed E-state index contributed by atoms with van der Waals surface area (Å²) in [4.78, 5) is 39.4. The molecule has 3 aromatic carbocycles. The lowest BCUT2D eigenvalue weighted by molar-refractivity contribution is -0.114. The lowest BCUT2D eigenvalue weighted by Gasteiger charge is -2.29. The molecule has 0 bridgehead atoms. The molecule has 3 amide bonds. The van der Waals surface area contributed by atoms with Crippen molar-refractivity contribution in [3.8, 4) is 22.5 Å². The fourth-order valence-electron chi connectivity index (χ4n) is 4.91. The van der Waals surface area contributed by atoms with Gasteiger partial charge in [-0.1, -0.05) is 6.07 Å². The largest absolute Gasteiger partial charge is 0.378 e. The highest BCUT2D eigenvalue weighted by Gasteiger charge is 2.19. The molecule has 10 nitrogen and oxygen atoms in total. The van der Waals surface area contributed by atoms with Gasteiger partial charge < -0.3 is 25.6 Å². The van der Waals surface area contributed by atoms with Crippen molar-refractivity contribution in [1.82, 2.24) is 15.0 Å². The zero-order valence-corrected chi connectivity index (χ0v) is 23.6. The molecule has 3 heterocycles. The quantitative estimate of drug-likeness (QED) is 0.204. The van der Waals surface area contributed by atoms with Crippen LogP contribution in [0.1, 0.15) is 6.92 Å². The van der Waals surface area contributed by atoms with Crippen molar-refractivity contribution < 1.29 is 23.1 Å². The SMILES string of the molecule is CC(=O)Nc1ccc(NC(=O)Nc2ccc(-c3nc(N4CCOCC4)c4ccc(-c5cccnc5F)cc4n3)cc2)c(F)c1. The number of nitrogens with one attached hydrogen (secondary N) is 3. The van der Waals surface area contributed by atoms with Gasteiger partial charge in [0.05, 0.1) is 24.4 Å². The monoisotopic (exact) mass is 595 g/mol. The minimum atomic E-state index is -0.694. The van der Waals surface area contributed by atoms with Crippen LogP contribution in [0.2, 0.25) is 0 Å². The van der Waals surface area contributed by atoms with Crippen LogP contribution in [-0.2, 0) is 9.53 Å². The van der Waals surface area contributed by atoms with Crippen molar-refractivity contribution in [3.05, 3.63) is 90.8 Å². The number of anilines is 4. The molecule has 0 unspecified atom stereocenters. The Morgan fingerprint density at radius 1 is 0.841 bits per heavy atom. The number of halogens is 2. The fourth-order valence-corrected chi connectivity index (χ4v) is 4.91. The number of aromatic nitrogens is 3. The van der Waals surface area contributed by atoms with Crippen molar-refractivity contribution in [1.29, 1.82) is 0 Å². The van der Waals surface area contributed by atoms with Crippen LogP contribution in [0.4, 0.5) is 36.5 Å². The third-order valence-electron chi connectivity index (χ3n) is 7.00. The number of ether oxygens (including phenoxy) is 1. The number of nitrogens with zero attached hydrogens (tertiary/aromatic N) is 4. The standard InChI is InChI=1S/C32H27F2N7O3/c1-19(42)36-23-9-11-27(26(33)18-23)39-32(43)37-22-7-4-20(5-8-22)30-38-28-17-21(24-3-2-12-35-29(24)34)6-10-25(28)31(40-30)41-13-15-44-16-14-41/h2-12,17-18H,13-16H2,1H3,(H,36,42)(H2,37,39,43). The highest BCUT2D eigenvalue weighted by Crippen LogP contribution is 2.32. The van der Waals surface area contributed by atoms with Gasteiger partial charge in [0.1, 0.15) is 11.6 Å². The smallest absolute Gasteiger partial charge is 0.323 e. The molecule has 0 atom stereocenters. The number of morpholine rings is 1. The van der Waals surface area contributed by atoms with Crippen molar-refractivity contribution in [2.24, 2.45) is 0 Å². The van der Waals surface area contributed by atoms with E-state index in [0.29, 0.717) is 60.0 Å². The van der Waals surface area contributed by atoms with Gasteiger partial charge in [0.2, 0.25) is 11.9 Å². The summed E-state index contributed by atoms with van der Waals surface area (Å²) in [7, 11) is 0. The molecule has 2 aromatic heterocycles. The average Bonchev–Trinajstić information content (AvgIpc) is 3.02. The predicted molar refractivity (Wildman–Crippen MR) is 165 cm³/mol. The number of benzene rings is 3. The van der Waals surface area contributed by atoms with Gasteiger partial charge in [0, 0.05) is 54.1 Å². The van der Waals surface area contributed by atoms with Crippen molar-refractivity contribution in [2.45, 2.75) is 6.92 Å². The molecule has 12 heteroatoms. The lowest BCUT2D eigenvalue weighted by Crippen LogP contribution is -2.37. The third kappa shape index (κ3) is 6.30. The van der Waals surface area contributed by atoms with Crippen LogP contribution >= 0.6 is 0 Å². The maximum absolute atomic E-state index is 14.5. The molecular formula is C32H27F2N7O3. The van der Waals surface area contributed by atoms with E-state index < -0.39 is 17.8 Å². The summed E-state index contributed by atoms with van der Waals surface area (Å²) in [5, 5.41) is 8.45. The van der Waals surface area contributed by atoms with Crippen molar-refractivity contribution in [2.75, 3.05) is 47.2 Å². The van der Waals surface area contributed by atoms with Crippen molar-refractivity contribution in [3.63, 3.8) is 0 Å². The van der Waals surface area contributed by atoms with Gasteiger partial charge in [-0.05, 0) is 72.3 Å². The maximum Gasteiger partial charge on any atom is 0.323 e. The van der Waals surface area contributed by atoms with Crippen molar-refractivity contribution >= 4 is 45.7 Å². The van der Waals surface area contributed by atoms with E-state index >= 15 is 0 Å². The van der Waals surface area contributed by atoms with Gasteiger partial charge in [0.15, 0.2) is 5.82 Å². The molecule has 44 heavy (non-hydrogen) atoms. The number of carbonyl (C=O) groups excluding carboxylic acids is 2. The first-order chi connectivity index (χ1) is 21.3. The van der Waals surface area contributed by atoms with Crippen LogP contribution < -0.4 is 20.9 Å². The first kappa shape index (κ1) is 28.6. The van der Waals surface area contributed by atoms with Crippen LogP contribution in [0.25, 0.3) is 33.4 Å². The zero-order chi connectivity index (χ0) is 30.6. The molecular weight excluding hydrogens is 568 g/mol. The molecule has 0 spiro atoms. The molecule has 0 saturated carbocycles. The Morgan fingerprint density at radius 2 is 1.59 bits per heavy atom. The minimum absolute atomic E-state index is 0.0426. The molecule has 222 valence electrons. The summed E-state index contributed by atoms with van der Waals surface area (Å²) in [6, 6.07) is 19.2. The normalized spacial score (nSPS) is 13.0. The Bertz CT molecular complexity index is 1860. The number of carbonyl (C=O) groups is 2. The van der Waals surface area contributed by atoms with E-state index in [1.165, 1.54) is 25.3 Å². The fraction of sp³-hybridized carbons (Fsp3) is 0.156. The number of hydrogen-bond acceptors (Lipinski definition) is 7. The molecule has 1 saturated heterocycles. The second kappa shape index (κ2) is 12.4. The van der Waals surface area contributed by atoms with Gasteiger partial charge in [-0.15, -0.1) is 0 Å². The van der Waals surface area contributed by atoms with Gasteiger partial charge in [0.25, 0.3) is 0 Å². The van der Waals surface area contributed by atoms with Crippen LogP contribution in [0.15, 0.2) is 79.0 Å². The van der Waals surface area contributed by atoms with Gasteiger partial charge >= 0.3 is 6.03 Å². The second-order valence-corrected chi connectivity index (χ2v) is 10.1. The van der Waals surface area contributed by atoms with Gasteiger partial charge in [-0.3, -0.25) is 4.79 Å². The Balaban J connectivity index is 1.26. The number of hydrogen-bond donors (Lipinski definition) is 3. The highest BCUT2D eigenvalue weighted by molar-refractivity contribution is 6.00.